The second kappa shape index (κ2) is 5.07. The van der Waals surface area contributed by atoms with Gasteiger partial charge in [-0.3, -0.25) is 4.79 Å². The molecule has 0 spiro atoms. The molecule has 0 amide bonds. The van der Waals surface area contributed by atoms with Crippen LogP contribution in [0.3, 0.4) is 0 Å². The molecule has 1 N–H and O–H groups in total. The summed E-state index contributed by atoms with van der Waals surface area (Å²) >= 11 is 0. The predicted octanol–water partition coefficient (Wildman–Crippen LogP) is 0.980. The molecule has 0 fully saturated rings. The van der Waals surface area contributed by atoms with Gasteiger partial charge in [0.05, 0.1) is 6.10 Å². The Morgan fingerprint density at radius 3 is 2.71 bits per heavy atom. The van der Waals surface area contributed by atoms with Gasteiger partial charge in [-0.2, -0.15) is 4.79 Å². The molecule has 0 aliphatic carbocycles. The van der Waals surface area contributed by atoms with Crippen LogP contribution in [0.4, 0.5) is 0 Å². The summed E-state index contributed by atoms with van der Waals surface area (Å²) in [5.41, 5.74) is 8.76. The molecule has 1 aromatic rings. The molecule has 1 unspecified atom stereocenters. The van der Waals surface area contributed by atoms with Gasteiger partial charge in [0.1, 0.15) is 0 Å². The van der Waals surface area contributed by atoms with Crippen molar-refractivity contribution in [2.24, 2.45) is 0 Å². The van der Waals surface area contributed by atoms with Gasteiger partial charge in [-0.25, -0.2) is 0 Å². The molecule has 1 aromatic carbocycles. The van der Waals surface area contributed by atoms with Crippen LogP contribution in [0.1, 0.15) is 18.1 Å². The second-order valence-corrected chi connectivity index (χ2v) is 2.84. The summed E-state index contributed by atoms with van der Waals surface area (Å²) in [6, 6.07) is 8.85. The van der Waals surface area contributed by atoms with Gasteiger partial charge in [0.15, 0.2) is 0 Å². The van der Waals surface area contributed by atoms with E-state index in [0.29, 0.717) is 5.56 Å². The molecule has 0 heterocycles. The van der Waals surface area contributed by atoms with Crippen LogP contribution in [-0.2, 0) is 4.79 Å². The third-order valence-corrected chi connectivity index (χ3v) is 1.78. The van der Waals surface area contributed by atoms with Crippen LogP contribution in [-0.4, -0.2) is 21.9 Å². The minimum Gasteiger partial charge on any atom is -0.388 e. The lowest BCUT2D eigenvalue weighted by molar-refractivity contribution is -0.117. The number of nitrogens with zero attached hydrogens (tertiary/aromatic N) is 2. The van der Waals surface area contributed by atoms with Crippen LogP contribution in [0.25, 0.3) is 5.53 Å². The number of rotatable bonds is 4. The van der Waals surface area contributed by atoms with E-state index in [-0.39, 0.29) is 6.42 Å². The van der Waals surface area contributed by atoms with Crippen molar-refractivity contribution >= 4 is 12.0 Å². The first-order valence-corrected chi connectivity index (χ1v) is 4.17. The molecule has 1 atom stereocenters. The normalized spacial score (nSPS) is 11.5. The zero-order valence-corrected chi connectivity index (χ0v) is 7.50. The molecule has 72 valence electrons. The van der Waals surface area contributed by atoms with Crippen LogP contribution in [0.2, 0.25) is 0 Å². The number of hydrogen-bond donors (Lipinski definition) is 1. The van der Waals surface area contributed by atoms with Gasteiger partial charge in [0.2, 0.25) is 5.78 Å². The van der Waals surface area contributed by atoms with E-state index in [4.69, 9.17) is 5.53 Å². The lowest BCUT2D eigenvalue weighted by Crippen LogP contribution is -2.07. The largest absolute Gasteiger partial charge is 0.388 e. The molecule has 0 aliphatic rings. The number of ketones is 1. The number of Topliss-reactive ketones (excluding diaryl/α,β-unsaturated/α-hetero) is 1. The highest BCUT2D eigenvalue weighted by Gasteiger charge is 2.13. The maximum absolute atomic E-state index is 11.0. The van der Waals surface area contributed by atoms with E-state index in [1.807, 2.05) is 6.07 Å². The van der Waals surface area contributed by atoms with Crippen LogP contribution in [0, 0.1) is 0 Å². The zero-order valence-electron chi connectivity index (χ0n) is 7.50. The summed E-state index contributed by atoms with van der Waals surface area (Å²) in [6.07, 6.45) is -0.137. The van der Waals surface area contributed by atoms with E-state index < -0.39 is 11.9 Å². The van der Waals surface area contributed by atoms with Crippen LogP contribution < -0.4 is 0 Å². The Morgan fingerprint density at radius 1 is 1.50 bits per heavy atom. The Kier molecular flexibility index (Phi) is 3.73. The Hall–Kier alpha value is -1.77. The third-order valence-electron chi connectivity index (χ3n) is 1.78. The SMILES string of the molecule is [N-]=[N+]=CC(=O)CC(O)c1ccccc1. The van der Waals surface area contributed by atoms with E-state index in [1.165, 1.54) is 0 Å². The molecule has 0 aromatic heterocycles. The standard InChI is InChI=1S/C10H10N2O2/c11-12-7-9(13)6-10(14)8-4-2-1-3-5-8/h1-5,7,10,14H,6H2. The number of benzene rings is 1. The Balaban J connectivity index is 2.63. The van der Waals surface area contributed by atoms with Crippen LogP contribution in [0.5, 0.6) is 0 Å². The smallest absolute Gasteiger partial charge is 0.323 e. The molecule has 0 aliphatic heterocycles. The lowest BCUT2D eigenvalue weighted by atomic mass is 10.1. The first-order chi connectivity index (χ1) is 6.74. The van der Waals surface area contributed by atoms with Crippen molar-refractivity contribution in [2.75, 3.05) is 0 Å². The molecule has 14 heavy (non-hydrogen) atoms. The molecule has 4 heteroatoms. The monoisotopic (exact) mass is 190 g/mol. The van der Waals surface area contributed by atoms with Crippen molar-refractivity contribution in [3.05, 3.63) is 41.4 Å². The van der Waals surface area contributed by atoms with Gasteiger partial charge >= 0.3 is 6.21 Å². The summed E-state index contributed by atoms with van der Waals surface area (Å²) < 4.78 is 0. The molecule has 1 rings (SSSR count). The van der Waals surface area contributed by atoms with E-state index >= 15 is 0 Å². The van der Waals surface area contributed by atoms with Crippen LogP contribution >= 0.6 is 0 Å². The molecular formula is C10H10N2O2. The molecule has 4 nitrogen and oxygen atoms in total. The number of hydrogen-bond acceptors (Lipinski definition) is 2. The van der Waals surface area contributed by atoms with E-state index in [9.17, 15) is 9.90 Å². The number of aliphatic hydroxyl groups is 1. The summed E-state index contributed by atoms with van der Waals surface area (Å²) in [5, 5.41) is 9.55. The van der Waals surface area contributed by atoms with Gasteiger partial charge in [-0.05, 0) is 5.56 Å². The first kappa shape index (κ1) is 10.3. The third kappa shape index (κ3) is 2.94. The quantitative estimate of drug-likeness (QED) is 0.436. The average molecular weight is 190 g/mol. The fraction of sp³-hybridized carbons (Fsp3) is 0.200. The summed E-state index contributed by atoms with van der Waals surface area (Å²) in [4.78, 5) is 13.6. The molecule has 0 bridgehead atoms. The van der Waals surface area contributed by atoms with Crippen molar-refractivity contribution < 1.29 is 14.7 Å². The Bertz CT molecular complexity index is 356. The maximum atomic E-state index is 11.0. The molecule has 0 saturated heterocycles. The van der Waals surface area contributed by atoms with Gasteiger partial charge in [-0.15, -0.1) is 0 Å². The fourth-order valence-corrected chi connectivity index (χ4v) is 1.10. The van der Waals surface area contributed by atoms with Gasteiger partial charge < -0.3 is 10.6 Å². The predicted molar refractivity (Wildman–Crippen MR) is 50.7 cm³/mol. The van der Waals surface area contributed by atoms with Crippen molar-refractivity contribution in [1.82, 2.24) is 0 Å². The van der Waals surface area contributed by atoms with Crippen molar-refractivity contribution in [1.29, 1.82) is 0 Å². The molecular weight excluding hydrogens is 180 g/mol. The Morgan fingerprint density at radius 2 is 2.14 bits per heavy atom. The minimum absolute atomic E-state index is 0.0753. The topological polar surface area (TPSA) is 73.7 Å². The molecule has 0 saturated carbocycles. The van der Waals surface area contributed by atoms with Gasteiger partial charge in [0, 0.05) is 6.42 Å². The first-order valence-electron chi connectivity index (χ1n) is 4.17. The van der Waals surface area contributed by atoms with Crippen molar-refractivity contribution in [2.45, 2.75) is 12.5 Å². The van der Waals surface area contributed by atoms with E-state index in [1.54, 1.807) is 24.3 Å². The van der Waals surface area contributed by atoms with E-state index in [0.717, 1.165) is 6.21 Å². The fourth-order valence-electron chi connectivity index (χ4n) is 1.10. The number of carbonyl (C=O) groups excluding carboxylic acids is 1. The second-order valence-electron chi connectivity index (χ2n) is 2.84. The molecule has 0 radical (unpaired) electrons. The number of aliphatic hydroxyl groups excluding tert-OH is 1. The highest BCUT2D eigenvalue weighted by molar-refractivity contribution is 6.25. The van der Waals surface area contributed by atoms with Crippen molar-refractivity contribution in [3.63, 3.8) is 0 Å². The van der Waals surface area contributed by atoms with Gasteiger partial charge in [0.25, 0.3) is 0 Å². The van der Waals surface area contributed by atoms with E-state index in [2.05, 4.69) is 4.79 Å². The lowest BCUT2D eigenvalue weighted by Gasteiger charge is -2.06. The Labute approximate surface area is 81.4 Å². The number of carbonyl (C=O) groups is 1. The summed E-state index contributed by atoms with van der Waals surface area (Å²) in [6.45, 7) is 0. The zero-order chi connectivity index (χ0) is 10.4. The minimum atomic E-state index is -0.846. The van der Waals surface area contributed by atoms with Gasteiger partial charge in [-0.1, -0.05) is 30.3 Å². The summed E-state index contributed by atoms with van der Waals surface area (Å²) in [5.74, 6) is -0.413. The highest BCUT2D eigenvalue weighted by atomic mass is 16.3. The van der Waals surface area contributed by atoms with Crippen LogP contribution in [0.15, 0.2) is 30.3 Å². The summed E-state index contributed by atoms with van der Waals surface area (Å²) in [7, 11) is 0. The highest BCUT2D eigenvalue weighted by Crippen LogP contribution is 2.15. The maximum Gasteiger partial charge on any atom is 0.323 e. The average Bonchev–Trinajstić information content (AvgIpc) is 2.19. The van der Waals surface area contributed by atoms with Crippen molar-refractivity contribution in [3.8, 4) is 0 Å².